The molecular formula is C14H21NO. The molecule has 2 nitrogen and oxygen atoms in total. The first-order chi connectivity index (χ1) is 7.79. The summed E-state index contributed by atoms with van der Waals surface area (Å²) in [5.74, 6) is 0. The molecular weight excluding hydrogens is 198 g/mol. The van der Waals surface area contributed by atoms with Crippen LogP contribution in [0.2, 0.25) is 0 Å². The second kappa shape index (κ2) is 5.46. The molecule has 1 N–H and O–H groups in total. The van der Waals surface area contributed by atoms with Gasteiger partial charge in [-0.2, -0.15) is 0 Å². The Morgan fingerprint density at radius 3 is 2.62 bits per heavy atom. The van der Waals surface area contributed by atoms with E-state index in [2.05, 4.69) is 49.5 Å². The Labute approximate surface area is 98.0 Å². The van der Waals surface area contributed by atoms with Crippen molar-refractivity contribution in [1.82, 2.24) is 5.32 Å². The number of rotatable bonds is 5. The lowest BCUT2D eigenvalue weighted by Gasteiger charge is -2.37. The second-order valence-corrected chi connectivity index (χ2v) is 4.54. The summed E-state index contributed by atoms with van der Waals surface area (Å²) in [7, 11) is 0. The van der Waals surface area contributed by atoms with Crippen LogP contribution in [0.5, 0.6) is 0 Å². The predicted octanol–water partition coefficient (Wildman–Crippen LogP) is 2.90. The van der Waals surface area contributed by atoms with Gasteiger partial charge in [-0.25, -0.2) is 0 Å². The summed E-state index contributed by atoms with van der Waals surface area (Å²) in [4.78, 5) is 0. The largest absolute Gasteiger partial charge is 0.378 e. The summed E-state index contributed by atoms with van der Waals surface area (Å²) >= 11 is 0. The first-order valence-corrected chi connectivity index (χ1v) is 6.22. The van der Waals surface area contributed by atoms with Gasteiger partial charge in [-0.3, -0.25) is 0 Å². The summed E-state index contributed by atoms with van der Waals surface area (Å²) in [6, 6.07) is 11.7. The molecule has 1 saturated carbocycles. The maximum Gasteiger partial charge on any atom is 0.0604 e. The SMILES string of the molecule is CCOC1CC(N[C@H](C)c2ccccc2)C1. The van der Waals surface area contributed by atoms with E-state index >= 15 is 0 Å². The lowest BCUT2D eigenvalue weighted by atomic mass is 9.88. The molecule has 16 heavy (non-hydrogen) atoms. The Morgan fingerprint density at radius 1 is 1.31 bits per heavy atom. The Morgan fingerprint density at radius 2 is 2.00 bits per heavy atom. The Bertz CT molecular complexity index is 306. The van der Waals surface area contributed by atoms with Gasteiger partial charge < -0.3 is 10.1 Å². The van der Waals surface area contributed by atoms with Gasteiger partial charge in [-0.15, -0.1) is 0 Å². The zero-order valence-corrected chi connectivity index (χ0v) is 10.1. The molecule has 0 saturated heterocycles. The second-order valence-electron chi connectivity index (χ2n) is 4.54. The van der Waals surface area contributed by atoms with E-state index in [1.54, 1.807) is 0 Å². The third kappa shape index (κ3) is 2.83. The van der Waals surface area contributed by atoms with Gasteiger partial charge in [0, 0.05) is 18.7 Å². The van der Waals surface area contributed by atoms with E-state index in [4.69, 9.17) is 4.74 Å². The van der Waals surface area contributed by atoms with Gasteiger partial charge >= 0.3 is 0 Å². The third-order valence-corrected chi connectivity index (χ3v) is 3.28. The monoisotopic (exact) mass is 219 g/mol. The topological polar surface area (TPSA) is 21.3 Å². The fourth-order valence-electron chi connectivity index (χ4n) is 2.27. The summed E-state index contributed by atoms with van der Waals surface area (Å²) in [6.07, 6.45) is 2.81. The molecule has 1 fully saturated rings. The number of hydrogen-bond acceptors (Lipinski definition) is 2. The van der Waals surface area contributed by atoms with Crippen LogP contribution in [-0.4, -0.2) is 18.8 Å². The lowest BCUT2D eigenvalue weighted by molar-refractivity contribution is -0.0120. The smallest absolute Gasteiger partial charge is 0.0604 e. The van der Waals surface area contributed by atoms with Crippen LogP contribution in [0.3, 0.4) is 0 Å². The number of benzene rings is 1. The molecule has 0 bridgehead atoms. The molecule has 1 atom stereocenters. The molecule has 0 aromatic heterocycles. The maximum atomic E-state index is 5.56. The van der Waals surface area contributed by atoms with Crippen LogP contribution >= 0.6 is 0 Å². The van der Waals surface area contributed by atoms with Crippen molar-refractivity contribution in [2.75, 3.05) is 6.61 Å². The van der Waals surface area contributed by atoms with Crippen molar-refractivity contribution in [3.63, 3.8) is 0 Å². The van der Waals surface area contributed by atoms with Gasteiger partial charge in [0.15, 0.2) is 0 Å². The molecule has 0 amide bonds. The standard InChI is InChI=1S/C14H21NO/c1-3-16-14-9-13(10-14)15-11(2)12-7-5-4-6-8-12/h4-8,11,13-15H,3,9-10H2,1-2H3/t11-,13?,14?/m1/s1. The van der Waals surface area contributed by atoms with Crippen molar-refractivity contribution < 1.29 is 4.74 Å². The van der Waals surface area contributed by atoms with Crippen LogP contribution in [-0.2, 0) is 4.74 Å². The first-order valence-electron chi connectivity index (χ1n) is 6.22. The Balaban J connectivity index is 1.75. The van der Waals surface area contributed by atoms with Gasteiger partial charge in [0.2, 0.25) is 0 Å². The van der Waals surface area contributed by atoms with Gasteiger partial charge in [-0.05, 0) is 32.3 Å². The van der Waals surface area contributed by atoms with Crippen molar-refractivity contribution in [3.05, 3.63) is 35.9 Å². The van der Waals surface area contributed by atoms with Crippen molar-refractivity contribution in [2.24, 2.45) is 0 Å². The number of ether oxygens (including phenoxy) is 1. The molecule has 1 aromatic rings. The van der Waals surface area contributed by atoms with Crippen LogP contribution < -0.4 is 5.32 Å². The highest BCUT2D eigenvalue weighted by molar-refractivity contribution is 5.18. The predicted molar refractivity (Wildman–Crippen MR) is 66.4 cm³/mol. The van der Waals surface area contributed by atoms with Gasteiger partial charge in [0.25, 0.3) is 0 Å². The third-order valence-electron chi connectivity index (χ3n) is 3.28. The van der Waals surface area contributed by atoms with Crippen molar-refractivity contribution in [2.45, 2.75) is 44.9 Å². The molecule has 0 aliphatic heterocycles. The molecule has 1 aromatic carbocycles. The highest BCUT2D eigenvalue weighted by atomic mass is 16.5. The normalized spacial score (nSPS) is 26.1. The molecule has 1 aliphatic rings. The van der Waals surface area contributed by atoms with Crippen molar-refractivity contribution in [3.8, 4) is 0 Å². The minimum Gasteiger partial charge on any atom is -0.378 e. The molecule has 1 aliphatic carbocycles. The molecule has 2 heteroatoms. The van der Waals surface area contributed by atoms with Crippen LogP contribution in [0.4, 0.5) is 0 Å². The first kappa shape index (κ1) is 11.6. The highest BCUT2D eigenvalue weighted by Crippen LogP contribution is 2.26. The summed E-state index contributed by atoms with van der Waals surface area (Å²) in [5.41, 5.74) is 1.36. The fourth-order valence-corrected chi connectivity index (χ4v) is 2.27. The molecule has 88 valence electrons. The van der Waals surface area contributed by atoms with E-state index in [9.17, 15) is 0 Å². The van der Waals surface area contributed by atoms with Crippen LogP contribution in [0.1, 0.15) is 38.3 Å². The van der Waals surface area contributed by atoms with Gasteiger partial charge in [0.05, 0.1) is 6.10 Å². The average Bonchev–Trinajstić information content (AvgIpc) is 2.27. The van der Waals surface area contributed by atoms with E-state index in [0.717, 1.165) is 19.4 Å². The van der Waals surface area contributed by atoms with E-state index in [-0.39, 0.29) is 0 Å². The van der Waals surface area contributed by atoms with E-state index in [1.165, 1.54) is 5.56 Å². The Kier molecular flexibility index (Phi) is 3.97. The van der Waals surface area contributed by atoms with Crippen LogP contribution in [0, 0.1) is 0 Å². The molecule has 0 radical (unpaired) electrons. The van der Waals surface area contributed by atoms with E-state index < -0.39 is 0 Å². The highest BCUT2D eigenvalue weighted by Gasteiger charge is 2.30. The van der Waals surface area contributed by atoms with Gasteiger partial charge in [-0.1, -0.05) is 30.3 Å². The molecule has 0 spiro atoms. The fraction of sp³-hybridized carbons (Fsp3) is 0.571. The van der Waals surface area contributed by atoms with Crippen molar-refractivity contribution in [1.29, 1.82) is 0 Å². The van der Waals surface area contributed by atoms with E-state index in [1.807, 2.05) is 0 Å². The minimum absolute atomic E-state index is 0.439. The maximum absolute atomic E-state index is 5.56. The van der Waals surface area contributed by atoms with E-state index in [0.29, 0.717) is 18.2 Å². The zero-order chi connectivity index (χ0) is 11.4. The zero-order valence-electron chi connectivity index (χ0n) is 10.1. The van der Waals surface area contributed by atoms with Crippen LogP contribution in [0.15, 0.2) is 30.3 Å². The molecule has 0 unspecified atom stereocenters. The minimum atomic E-state index is 0.439. The quantitative estimate of drug-likeness (QED) is 0.822. The summed E-state index contributed by atoms with van der Waals surface area (Å²) in [6.45, 7) is 5.13. The number of nitrogens with one attached hydrogen (secondary N) is 1. The summed E-state index contributed by atoms with van der Waals surface area (Å²) in [5, 5.41) is 3.64. The Hall–Kier alpha value is -0.860. The average molecular weight is 219 g/mol. The van der Waals surface area contributed by atoms with Gasteiger partial charge in [0.1, 0.15) is 0 Å². The lowest BCUT2D eigenvalue weighted by Crippen LogP contribution is -2.46. The molecule has 0 heterocycles. The molecule has 2 rings (SSSR count). The number of hydrogen-bond donors (Lipinski definition) is 1. The van der Waals surface area contributed by atoms with Crippen LogP contribution in [0.25, 0.3) is 0 Å². The van der Waals surface area contributed by atoms with Crippen molar-refractivity contribution >= 4 is 0 Å². The summed E-state index contributed by atoms with van der Waals surface area (Å²) < 4.78 is 5.56.